The summed E-state index contributed by atoms with van der Waals surface area (Å²) in [5.41, 5.74) is 1.87. The van der Waals surface area contributed by atoms with Gasteiger partial charge >= 0.3 is 5.97 Å². The van der Waals surface area contributed by atoms with Crippen molar-refractivity contribution >= 4 is 18.0 Å². The normalized spacial score (nSPS) is 12.0. The average molecular weight is 381 g/mol. The Labute approximate surface area is 166 Å². The van der Waals surface area contributed by atoms with E-state index in [1.165, 1.54) is 6.08 Å². The lowest BCUT2D eigenvalue weighted by atomic mass is 9.97. The molecule has 148 valence electrons. The predicted octanol–water partition coefficient (Wildman–Crippen LogP) is 4.16. The molecule has 1 atom stereocenters. The van der Waals surface area contributed by atoms with Crippen LogP contribution >= 0.6 is 0 Å². The molecule has 0 aliphatic heterocycles. The van der Waals surface area contributed by atoms with Crippen LogP contribution in [0.4, 0.5) is 0 Å². The van der Waals surface area contributed by atoms with Crippen molar-refractivity contribution < 1.29 is 19.1 Å². The Morgan fingerprint density at radius 3 is 2.32 bits per heavy atom. The first kappa shape index (κ1) is 21.2. The summed E-state index contributed by atoms with van der Waals surface area (Å²) in [6, 6.07) is 16.9. The third-order valence-electron chi connectivity index (χ3n) is 4.12. The van der Waals surface area contributed by atoms with Gasteiger partial charge in [0.15, 0.2) is 6.61 Å². The second kappa shape index (κ2) is 10.9. The molecule has 2 rings (SSSR count). The number of nitrogens with one attached hydrogen (secondary N) is 1. The lowest BCUT2D eigenvalue weighted by Gasteiger charge is -2.21. The van der Waals surface area contributed by atoms with Crippen LogP contribution in [0.25, 0.3) is 6.08 Å². The highest BCUT2D eigenvalue weighted by Gasteiger charge is 2.16. The van der Waals surface area contributed by atoms with E-state index in [1.54, 1.807) is 25.3 Å². The molecule has 0 unspecified atom stereocenters. The maximum absolute atomic E-state index is 12.2. The van der Waals surface area contributed by atoms with Crippen molar-refractivity contribution in [2.45, 2.75) is 26.3 Å². The van der Waals surface area contributed by atoms with Gasteiger partial charge in [0.05, 0.1) is 13.2 Å². The number of esters is 1. The largest absolute Gasteiger partial charge is 0.497 e. The lowest BCUT2D eigenvalue weighted by Crippen LogP contribution is -2.33. The summed E-state index contributed by atoms with van der Waals surface area (Å²) in [5.74, 6) is 0.276. The van der Waals surface area contributed by atoms with Gasteiger partial charge in [-0.15, -0.1) is 0 Å². The van der Waals surface area contributed by atoms with Gasteiger partial charge in [0, 0.05) is 6.08 Å². The third-order valence-corrected chi connectivity index (χ3v) is 4.12. The van der Waals surface area contributed by atoms with Gasteiger partial charge in [-0.05, 0) is 41.7 Å². The number of hydrogen-bond donors (Lipinski definition) is 1. The summed E-state index contributed by atoms with van der Waals surface area (Å²) < 4.78 is 10.1. The van der Waals surface area contributed by atoms with E-state index in [9.17, 15) is 9.59 Å². The van der Waals surface area contributed by atoms with E-state index in [-0.39, 0.29) is 18.6 Å². The maximum Gasteiger partial charge on any atom is 0.331 e. The molecule has 1 amide bonds. The fraction of sp³-hybridized carbons (Fsp3) is 0.304. The Kier molecular flexibility index (Phi) is 8.28. The first-order valence-electron chi connectivity index (χ1n) is 9.31. The van der Waals surface area contributed by atoms with Gasteiger partial charge in [-0.25, -0.2) is 4.79 Å². The van der Waals surface area contributed by atoms with Crippen LogP contribution in [0.15, 0.2) is 60.7 Å². The number of ether oxygens (including phenoxy) is 2. The van der Waals surface area contributed by atoms with E-state index in [0.29, 0.717) is 5.92 Å². The highest BCUT2D eigenvalue weighted by atomic mass is 16.5. The van der Waals surface area contributed by atoms with E-state index < -0.39 is 5.97 Å². The number of carbonyl (C=O) groups is 2. The molecule has 0 radical (unpaired) electrons. The average Bonchev–Trinajstić information content (AvgIpc) is 2.71. The summed E-state index contributed by atoms with van der Waals surface area (Å²) in [4.78, 5) is 24.1. The van der Waals surface area contributed by atoms with Crippen LogP contribution in [0, 0.1) is 5.92 Å². The molecule has 0 aromatic heterocycles. The molecule has 0 bridgehead atoms. The minimum Gasteiger partial charge on any atom is -0.497 e. The molecule has 0 aliphatic carbocycles. The molecule has 0 heterocycles. The van der Waals surface area contributed by atoms with Gasteiger partial charge < -0.3 is 14.8 Å². The molecule has 5 nitrogen and oxygen atoms in total. The fourth-order valence-electron chi connectivity index (χ4n) is 2.74. The van der Waals surface area contributed by atoms with Crippen LogP contribution in [0.3, 0.4) is 0 Å². The number of benzene rings is 2. The van der Waals surface area contributed by atoms with Crippen LogP contribution in [0.2, 0.25) is 0 Å². The van der Waals surface area contributed by atoms with Crippen molar-refractivity contribution in [1.82, 2.24) is 5.32 Å². The van der Waals surface area contributed by atoms with Crippen molar-refractivity contribution in [3.05, 3.63) is 71.8 Å². The second-order valence-electron chi connectivity index (χ2n) is 6.87. The van der Waals surface area contributed by atoms with Crippen molar-refractivity contribution in [3.63, 3.8) is 0 Å². The molecule has 0 saturated heterocycles. The summed E-state index contributed by atoms with van der Waals surface area (Å²) >= 11 is 0. The van der Waals surface area contributed by atoms with E-state index in [0.717, 1.165) is 23.3 Å². The first-order chi connectivity index (χ1) is 13.5. The fourth-order valence-corrected chi connectivity index (χ4v) is 2.74. The number of hydrogen-bond acceptors (Lipinski definition) is 4. The van der Waals surface area contributed by atoms with E-state index in [2.05, 4.69) is 19.2 Å². The Balaban J connectivity index is 1.85. The standard InChI is InChI=1S/C23H27NO4/c1-17(2)15-21(19-7-5-4-6-8-19)24-22(25)16-28-23(26)14-11-18-9-12-20(27-3)13-10-18/h4-14,17,21H,15-16H2,1-3H3,(H,24,25)/b14-11+/t21-/m1/s1. The summed E-state index contributed by atoms with van der Waals surface area (Å²) in [6.45, 7) is 3.89. The maximum atomic E-state index is 12.2. The highest BCUT2D eigenvalue weighted by Crippen LogP contribution is 2.21. The Hall–Kier alpha value is -3.08. The Morgan fingerprint density at radius 1 is 1.04 bits per heavy atom. The van der Waals surface area contributed by atoms with Crippen molar-refractivity contribution in [1.29, 1.82) is 0 Å². The van der Waals surface area contributed by atoms with Crippen molar-refractivity contribution in [2.24, 2.45) is 5.92 Å². The first-order valence-corrected chi connectivity index (χ1v) is 9.31. The number of amides is 1. The molecule has 2 aromatic rings. The lowest BCUT2D eigenvalue weighted by molar-refractivity contribution is -0.144. The molecule has 28 heavy (non-hydrogen) atoms. The minimum atomic E-state index is -0.564. The number of carbonyl (C=O) groups excluding carboxylic acids is 2. The molecule has 2 aromatic carbocycles. The molecule has 0 saturated carbocycles. The van der Waals surface area contributed by atoms with E-state index in [4.69, 9.17) is 9.47 Å². The van der Waals surface area contributed by atoms with Crippen LogP contribution in [0.1, 0.15) is 37.4 Å². The van der Waals surface area contributed by atoms with E-state index in [1.807, 2.05) is 42.5 Å². The molecule has 0 spiro atoms. The summed E-state index contributed by atoms with van der Waals surface area (Å²) in [7, 11) is 1.59. The van der Waals surface area contributed by atoms with Crippen LogP contribution in [0.5, 0.6) is 5.75 Å². The van der Waals surface area contributed by atoms with Gasteiger partial charge in [0.2, 0.25) is 0 Å². The predicted molar refractivity (Wildman–Crippen MR) is 110 cm³/mol. The molecule has 1 N–H and O–H groups in total. The number of rotatable bonds is 9. The summed E-state index contributed by atoms with van der Waals surface area (Å²) in [6.07, 6.45) is 3.74. The zero-order valence-electron chi connectivity index (χ0n) is 16.6. The van der Waals surface area contributed by atoms with E-state index >= 15 is 0 Å². The monoisotopic (exact) mass is 381 g/mol. The SMILES string of the molecule is COc1ccc(/C=C/C(=O)OCC(=O)N[C@H](CC(C)C)c2ccccc2)cc1. The van der Waals surface area contributed by atoms with Gasteiger partial charge in [0.1, 0.15) is 5.75 Å². The molecule has 5 heteroatoms. The highest BCUT2D eigenvalue weighted by molar-refractivity contribution is 5.89. The van der Waals surface area contributed by atoms with Crippen LogP contribution in [-0.2, 0) is 14.3 Å². The molecule has 0 aliphatic rings. The van der Waals surface area contributed by atoms with Gasteiger partial charge in [-0.1, -0.05) is 56.3 Å². The van der Waals surface area contributed by atoms with Crippen molar-refractivity contribution in [3.8, 4) is 5.75 Å². The van der Waals surface area contributed by atoms with Gasteiger partial charge in [-0.2, -0.15) is 0 Å². The van der Waals surface area contributed by atoms with Gasteiger partial charge in [-0.3, -0.25) is 4.79 Å². The zero-order chi connectivity index (χ0) is 20.4. The third kappa shape index (κ3) is 7.27. The number of methoxy groups -OCH3 is 1. The van der Waals surface area contributed by atoms with Crippen molar-refractivity contribution in [2.75, 3.05) is 13.7 Å². The second-order valence-corrected chi connectivity index (χ2v) is 6.87. The molecule has 0 fully saturated rings. The quantitative estimate of drug-likeness (QED) is 0.523. The smallest absolute Gasteiger partial charge is 0.331 e. The summed E-state index contributed by atoms with van der Waals surface area (Å²) in [5, 5.41) is 2.95. The molecular formula is C23H27NO4. The Bertz CT molecular complexity index is 782. The topological polar surface area (TPSA) is 64.6 Å². The van der Waals surface area contributed by atoms with Gasteiger partial charge in [0.25, 0.3) is 5.91 Å². The van der Waals surface area contributed by atoms with Crippen LogP contribution in [-0.4, -0.2) is 25.6 Å². The Morgan fingerprint density at radius 2 is 1.71 bits per heavy atom. The van der Waals surface area contributed by atoms with Crippen LogP contribution < -0.4 is 10.1 Å². The minimum absolute atomic E-state index is 0.109. The zero-order valence-corrected chi connectivity index (χ0v) is 16.6. The molecular weight excluding hydrogens is 354 g/mol.